The van der Waals surface area contributed by atoms with Gasteiger partial charge in [0.05, 0.1) is 12.4 Å². The first-order valence-electron chi connectivity index (χ1n) is 10.6. The molecule has 6 nitrogen and oxygen atoms in total. The fourth-order valence-electron chi connectivity index (χ4n) is 2.96. The standard InChI is InChI=1S/C24H27N3O3S2/c1-2-3-5-8-18-11-13-20(14-12-18)21(28)17-31-24-27-26-23(32-24)25-22(29)16-30-15-19-9-6-4-7-10-19/h4,6-7,9-14H,2-3,5,8,15-17H2,1H3,(H,25,26,29). The number of hydrogen-bond donors (Lipinski definition) is 1. The number of ether oxygens (including phenoxy) is 1. The lowest BCUT2D eigenvalue weighted by Crippen LogP contribution is -2.18. The summed E-state index contributed by atoms with van der Waals surface area (Å²) in [6.07, 6.45) is 4.65. The second-order valence-corrected chi connectivity index (χ2v) is 9.47. The second kappa shape index (κ2) is 13.1. The summed E-state index contributed by atoms with van der Waals surface area (Å²) in [5.74, 6) is 0.0340. The lowest BCUT2D eigenvalue weighted by atomic mass is 10.0. The molecular formula is C24H27N3O3S2. The Morgan fingerprint density at radius 1 is 1.00 bits per heavy atom. The minimum absolute atomic E-state index is 0.0465. The van der Waals surface area contributed by atoms with Crippen molar-refractivity contribution in [3.05, 3.63) is 71.3 Å². The first-order chi connectivity index (χ1) is 15.6. The van der Waals surface area contributed by atoms with Crippen LogP contribution in [0.2, 0.25) is 0 Å². The van der Waals surface area contributed by atoms with E-state index in [0.29, 0.717) is 21.6 Å². The minimum atomic E-state index is -0.288. The number of carbonyl (C=O) groups is 2. The maximum atomic E-state index is 12.5. The molecular weight excluding hydrogens is 442 g/mol. The minimum Gasteiger partial charge on any atom is -0.367 e. The number of rotatable bonds is 13. The topological polar surface area (TPSA) is 81.2 Å². The molecule has 32 heavy (non-hydrogen) atoms. The molecule has 8 heteroatoms. The molecule has 1 heterocycles. The van der Waals surface area contributed by atoms with Gasteiger partial charge in [0.2, 0.25) is 5.13 Å². The summed E-state index contributed by atoms with van der Waals surface area (Å²) < 4.78 is 6.05. The van der Waals surface area contributed by atoms with Crippen LogP contribution in [0.3, 0.4) is 0 Å². The molecule has 0 unspecified atom stereocenters. The summed E-state index contributed by atoms with van der Waals surface area (Å²) in [6.45, 7) is 2.49. The van der Waals surface area contributed by atoms with Gasteiger partial charge in [0, 0.05) is 5.56 Å². The Morgan fingerprint density at radius 3 is 2.53 bits per heavy atom. The van der Waals surface area contributed by atoms with Crippen LogP contribution in [0.5, 0.6) is 0 Å². The van der Waals surface area contributed by atoms with Crippen LogP contribution in [-0.2, 0) is 22.6 Å². The number of Topliss-reactive ketones (excluding diaryl/α,β-unsaturated/α-hetero) is 1. The van der Waals surface area contributed by atoms with Gasteiger partial charge in [-0.15, -0.1) is 10.2 Å². The van der Waals surface area contributed by atoms with Crippen LogP contribution in [0.25, 0.3) is 0 Å². The van der Waals surface area contributed by atoms with Gasteiger partial charge < -0.3 is 4.74 Å². The molecule has 0 aliphatic rings. The summed E-state index contributed by atoms with van der Waals surface area (Å²) in [5, 5.41) is 11.1. The lowest BCUT2D eigenvalue weighted by Gasteiger charge is -2.04. The fraction of sp³-hybridized carbons (Fsp3) is 0.333. The van der Waals surface area contributed by atoms with E-state index in [-0.39, 0.29) is 24.1 Å². The smallest absolute Gasteiger partial charge is 0.252 e. The molecule has 0 bridgehead atoms. The number of nitrogens with zero attached hydrogens (tertiary/aromatic N) is 2. The van der Waals surface area contributed by atoms with E-state index in [4.69, 9.17) is 4.74 Å². The van der Waals surface area contributed by atoms with E-state index in [0.717, 1.165) is 12.0 Å². The fourth-order valence-corrected chi connectivity index (χ4v) is 4.62. The number of carbonyl (C=O) groups excluding carboxylic acids is 2. The maximum absolute atomic E-state index is 12.5. The molecule has 0 radical (unpaired) electrons. The Hall–Kier alpha value is -2.55. The number of thioether (sulfide) groups is 1. The highest BCUT2D eigenvalue weighted by Crippen LogP contribution is 2.26. The van der Waals surface area contributed by atoms with Crippen molar-refractivity contribution in [2.24, 2.45) is 0 Å². The molecule has 1 N–H and O–H groups in total. The Kier molecular flexibility index (Phi) is 9.87. The van der Waals surface area contributed by atoms with Crippen molar-refractivity contribution in [3.63, 3.8) is 0 Å². The lowest BCUT2D eigenvalue weighted by molar-refractivity contribution is -0.121. The number of aromatic nitrogens is 2. The molecule has 0 saturated carbocycles. The van der Waals surface area contributed by atoms with Crippen LogP contribution < -0.4 is 5.32 Å². The quantitative estimate of drug-likeness (QED) is 0.156. The predicted molar refractivity (Wildman–Crippen MR) is 129 cm³/mol. The Balaban J connectivity index is 1.38. The highest BCUT2D eigenvalue weighted by atomic mass is 32.2. The number of unbranched alkanes of at least 4 members (excludes halogenated alkanes) is 2. The number of nitrogens with one attached hydrogen (secondary N) is 1. The van der Waals surface area contributed by atoms with Crippen LogP contribution in [0.1, 0.15) is 47.7 Å². The Labute approximate surface area is 196 Å². The van der Waals surface area contributed by atoms with Gasteiger partial charge in [-0.1, -0.05) is 97.5 Å². The van der Waals surface area contributed by atoms with Gasteiger partial charge in [-0.25, -0.2) is 0 Å². The highest BCUT2D eigenvalue weighted by Gasteiger charge is 2.12. The number of hydrogen-bond acceptors (Lipinski definition) is 7. The summed E-state index contributed by atoms with van der Waals surface area (Å²) in [5.41, 5.74) is 2.97. The van der Waals surface area contributed by atoms with Crippen molar-refractivity contribution >= 4 is 39.9 Å². The van der Waals surface area contributed by atoms with Crippen LogP contribution in [0.4, 0.5) is 5.13 Å². The van der Waals surface area contributed by atoms with Crippen molar-refractivity contribution in [2.75, 3.05) is 17.7 Å². The number of amides is 1. The number of ketones is 1. The third kappa shape index (κ3) is 8.18. The molecule has 168 valence electrons. The van der Waals surface area contributed by atoms with Gasteiger partial charge in [-0.2, -0.15) is 0 Å². The third-order valence-corrected chi connectivity index (χ3v) is 6.64. The normalized spacial score (nSPS) is 10.8. The van der Waals surface area contributed by atoms with Crippen LogP contribution in [-0.4, -0.2) is 34.2 Å². The number of benzene rings is 2. The summed E-state index contributed by atoms with van der Waals surface area (Å²) in [4.78, 5) is 24.5. The molecule has 1 amide bonds. The van der Waals surface area contributed by atoms with E-state index >= 15 is 0 Å². The van der Waals surface area contributed by atoms with E-state index in [2.05, 4.69) is 22.4 Å². The zero-order valence-corrected chi connectivity index (χ0v) is 19.7. The van der Waals surface area contributed by atoms with E-state index in [1.54, 1.807) is 0 Å². The van der Waals surface area contributed by atoms with Crippen LogP contribution in [0, 0.1) is 0 Å². The van der Waals surface area contributed by atoms with E-state index in [1.165, 1.54) is 47.9 Å². The van der Waals surface area contributed by atoms with E-state index < -0.39 is 0 Å². The Bertz CT molecular complexity index is 991. The summed E-state index contributed by atoms with van der Waals surface area (Å²) in [7, 11) is 0. The first kappa shape index (κ1) is 24.1. The highest BCUT2D eigenvalue weighted by molar-refractivity contribution is 8.01. The van der Waals surface area contributed by atoms with Crippen molar-refractivity contribution in [2.45, 2.75) is 43.6 Å². The predicted octanol–water partition coefficient (Wildman–Crippen LogP) is 5.40. The van der Waals surface area contributed by atoms with Crippen molar-refractivity contribution < 1.29 is 14.3 Å². The largest absolute Gasteiger partial charge is 0.367 e. The Morgan fingerprint density at radius 2 is 1.78 bits per heavy atom. The molecule has 0 saturated heterocycles. The van der Waals surface area contributed by atoms with E-state index in [1.807, 2.05) is 54.6 Å². The number of aryl methyl sites for hydroxylation is 1. The maximum Gasteiger partial charge on any atom is 0.252 e. The van der Waals surface area contributed by atoms with E-state index in [9.17, 15) is 9.59 Å². The average Bonchev–Trinajstić information content (AvgIpc) is 3.26. The molecule has 0 atom stereocenters. The molecule has 3 rings (SSSR count). The zero-order valence-electron chi connectivity index (χ0n) is 18.1. The van der Waals surface area contributed by atoms with Gasteiger partial charge in [-0.05, 0) is 24.0 Å². The second-order valence-electron chi connectivity index (χ2n) is 7.27. The molecule has 0 fully saturated rings. The zero-order chi connectivity index (χ0) is 22.6. The van der Waals surface area contributed by atoms with Gasteiger partial charge in [-0.3, -0.25) is 14.9 Å². The van der Waals surface area contributed by atoms with Gasteiger partial charge in [0.15, 0.2) is 10.1 Å². The molecule has 3 aromatic rings. The summed E-state index contributed by atoms with van der Waals surface area (Å²) in [6, 6.07) is 17.5. The summed E-state index contributed by atoms with van der Waals surface area (Å²) >= 11 is 2.56. The van der Waals surface area contributed by atoms with Gasteiger partial charge in [0.1, 0.15) is 6.61 Å². The molecule has 0 aliphatic carbocycles. The SMILES string of the molecule is CCCCCc1ccc(C(=O)CSc2nnc(NC(=O)COCc3ccccc3)s2)cc1. The molecule has 0 aliphatic heterocycles. The van der Waals surface area contributed by atoms with Gasteiger partial charge >= 0.3 is 0 Å². The van der Waals surface area contributed by atoms with Crippen molar-refractivity contribution in [3.8, 4) is 0 Å². The monoisotopic (exact) mass is 469 g/mol. The average molecular weight is 470 g/mol. The van der Waals surface area contributed by atoms with Crippen LogP contribution in [0.15, 0.2) is 58.9 Å². The molecule has 1 aromatic heterocycles. The third-order valence-electron chi connectivity index (χ3n) is 4.67. The molecule has 2 aromatic carbocycles. The first-order valence-corrected chi connectivity index (χ1v) is 12.4. The number of anilines is 1. The van der Waals surface area contributed by atoms with Crippen molar-refractivity contribution in [1.82, 2.24) is 10.2 Å². The van der Waals surface area contributed by atoms with Crippen molar-refractivity contribution in [1.29, 1.82) is 0 Å². The van der Waals surface area contributed by atoms with Crippen LogP contribution >= 0.6 is 23.1 Å². The molecule has 0 spiro atoms. The van der Waals surface area contributed by atoms with Gasteiger partial charge in [0.25, 0.3) is 5.91 Å².